The van der Waals surface area contributed by atoms with Gasteiger partial charge in [-0.15, -0.1) is 0 Å². The molecule has 0 aliphatic rings. The first-order chi connectivity index (χ1) is 8.54. The van der Waals surface area contributed by atoms with Crippen LogP contribution in [0.5, 0.6) is 0 Å². The molecule has 0 radical (unpaired) electrons. The first-order valence-corrected chi connectivity index (χ1v) is 6.22. The summed E-state index contributed by atoms with van der Waals surface area (Å²) in [7, 11) is 0. The highest BCUT2D eigenvalue weighted by molar-refractivity contribution is 9.10. The SMILES string of the molecule is Nc1cc(C(=O)Nc2ccc(Br)cc2)cc(Cl)n1. The quantitative estimate of drug-likeness (QED) is 0.832. The Morgan fingerprint density at radius 3 is 2.56 bits per heavy atom. The number of nitrogens with two attached hydrogens (primary N) is 1. The number of pyridine rings is 1. The molecule has 1 amide bonds. The fourth-order valence-corrected chi connectivity index (χ4v) is 1.86. The zero-order valence-electron chi connectivity index (χ0n) is 9.15. The Morgan fingerprint density at radius 2 is 1.94 bits per heavy atom. The number of aromatic nitrogens is 1. The third-order valence-electron chi connectivity index (χ3n) is 2.18. The summed E-state index contributed by atoms with van der Waals surface area (Å²) in [6.07, 6.45) is 0. The number of hydrogen-bond donors (Lipinski definition) is 2. The molecule has 0 bridgehead atoms. The van der Waals surface area contributed by atoms with Crippen molar-refractivity contribution in [2.75, 3.05) is 11.1 Å². The molecular weight excluding hydrogens is 318 g/mol. The van der Waals surface area contributed by atoms with Gasteiger partial charge in [0.2, 0.25) is 0 Å². The summed E-state index contributed by atoms with van der Waals surface area (Å²) in [5, 5.41) is 2.93. The lowest BCUT2D eigenvalue weighted by Gasteiger charge is -2.06. The second-order valence-corrected chi connectivity index (χ2v) is 4.87. The highest BCUT2D eigenvalue weighted by Crippen LogP contribution is 2.17. The Labute approximate surface area is 117 Å². The number of benzene rings is 1. The van der Waals surface area contributed by atoms with Crippen molar-refractivity contribution in [3.63, 3.8) is 0 Å². The van der Waals surface area contributed by atoms with Gasteiger partial charge in [0.1, 0.15) is 11.0 Å². The van der Waals surface area contributed by atoms with Gasteiger partial charge < -0.3 is 11.1 Å². The van der Waals surface area contributed by atoms with Gasteiger partial charge >= 0.3 is 0 Å². The summed E-state index contributed by atoms with van der Waals surface area (Å²) in [5.74, 6) is -0.0724. The van der Waals surface area contributed by atoms with Gasteiger partial charge in [0.15, 0.2) is 0 Å². The number of hydrogen-bond acceptors (Lipinski definition) is 3. The van der Waals surface area contributed by atoms with Crippen LogP contribution in [-0.4, -0.2) is 10.9 Å². The average molecular weight is 327 g/mol. The van der Waals surface area contributed by atoms with Crippen LogP contribution in [-0.2, 0) is 0 Å². The zero-order chi connectivity index (χ0) is 13.1. The molecule has 2 rings (SSSR count). The van der Waals surface area contributed by atoms with Crippen LogP contribution in [0.4, 0.5) is 11.5 Å². The van der Waals surface area contributed by atoms with Crippen molar-refractivity contribution in [3.05, 3.63) is 51.6 Å². The predicted octanol–water partition coefficient (Wildman–Crippen LogP) is 3.33. The van der Waals surface area contributed by atoms with Crippen molar-refractivity contribution in [1.29, 1.82) is 0 Å². The fourth-order valence-electron chi connectivity index (χ4n) is 1.38. The molecular formula is C12H9BrClN3O. The molecule has 1 aromatic carbocycles. The summed E-state index contributed by atoms with van der Waals surface area (Å²) in [5.41, 5.74) is 6.59. The fraction of sp³-hybridized carbons (Fsp3) is 0. The molecule has 92 valence electrons. The number of amides is 1. The number of nitrogen functional groups attached to an aromatic ring is 1. The van der Waals surface area contributed by atoms with Crippen molar-refractivity contribution in [3.8, 4) is 0 Å². The van der Waals surface area contributed by atoms with Gasteiger partial charge in [-0.3, -0.25) is 4.79 Å². The molecule has 0 unspecified atom stereocenters. The number of halogens is 2. The minimum Gasteiger partial charge on any atom is -0.384 e. The van der Waals surface area contributed by atoms with E-state index in [1.54, 1.807) is 12.1 Å². The highest BCUT2D eigenvalue weighted by atomic mass is 79.9. The van der Waals surface area contributed by atoms with Crippen molar-refractivity contribution in [2.45, 2.75) is 0 Å². The second-order valence-electron chi connectivity index (χ2n) is 3.56. The normalized spacial score (nSPS) is 10.1. The van der Waals surface area contributed by atoms with Crippen LogP contribution < -0.4 is 11.1 Å². The topological polar surface area (TPSA) is 68.0 Å². The number of rotatable bonds is 2. The molecule has 1 aromatic heterocycles. The largest absolute Gasteiger partial charge is 0.384 e. The van der Waals surface area contributed by atoms with E-state index in [1.807, 2.05) is 12.1 Å². The number of nitrogens with zero attached hydrogens (tertiary/aromatic N) is 1. The molecule has 0 aliphatic heterocycles. The van der Waals surface area contributed by atoms with E-state index in [9.17, 15) is 4.79 Å². The maximum Gasteiger partial charge on any atom is 0.255 e. The predicted molar refractivity (Wildman–Crippen MR) is 75.8 cm³/mol. The standard InChI is InChI=1S/C12H9BrClN3O/c13-8-1-3-9(4-2-8)16-12(18)7-5-10(14)17-11(15)6-7/h1-6H,(H2,15,17)(H,16,18). The van der Waals surface area contributed by atoms with Crippen LogP contribution in [0.1, 0.15) is 10.4 Å². The van der Waals surface area contributed by atoms with E-state index in [4.69, 9.17) is 17.3 Å². The maximum atomic E-state index is 11.9. The van der Waals surface area contributed by atoms with Crippen molar-refractivity contribution >= 4 is 44.9 Å². The van der Waals surface area contributed by atoms with E-state index in [2.05, 4.69) is 26.2 Å². The van der Waals surface area contributed by atoms with Gasteiger partial charge in [-0.1, -0.05) is 27.5 Å². The molecule has 0 saturated heterocycles. The number of carbonyl (C=O) groups excluding carboxylic acids is 1. The molecule has 4 nitrogen and oxygen atoms in total. The van der Waals surface area contributed by atoms with Gasteiger partial charge in [-0.2, -0.15) is 0 Å². The monoisotopic (exact) mass is 325 g/mol. The van der Waals surface area contributed by atoms with Crippen molar-refractivity contribution in [2.24, 2.45) is 0 Å². The average Bonchev–Trinajstić information content (AvgIpc) is 2.31. The van der Waals surface area contributed by atoms with Gasteiger partial charge in [0.05, 0.1) is 0 Å². The lowest BCUT2D eigenvalue weighted by atomic mass is 10.2. The lowest BCUT2D eigenvalue weighted by Crippen LogP contribution is -2.12. The maximum absolute atomic E-state index is 11.9. The van der Waals surface area contributed by atoms with Crippen molar-refractivity contribution < 1.29 is 4.79 Å². The van der Waals surface area contributed by atoms with Crippen LogP contribution >= 0.6 is 27.5 Å². The Balaban J connectivity index is 2.19. The molecule has 0 spiro atoms. The summed E-state index contributed by atoms with van der Waals surface area (Å²) < 4.78 is 0.941. The molecule has 0 atom stereocenters. The Kier molecular flexibility index (Phi) is 3.84. The third kappa shape index (κ3) is 3.21. The lowest BCUT2D eigenvalue weighted by molar-refractivity contribution is 0.102. The summed E-state index contributed by atoms with van der Waals surface area (Å²) in [4.78, 5) is 15.7. The summed E-state index contributed by atoms with van der Waals surface area (Å²) in [6, 6.07) is 10.2. The summed E-state index contributed by atoms with van der Waals surface area (Å²) in [6.45, 7) is 0. The molecule has 2 aromatic rings. The van der Waals surface area contributed by atoms with E-state index < -0.39 is 0 Å². The van der Waals surface area contributed by atoms with Gasteiger partial charge in [0.25, 0.3) is 5.91 Å². The minimum atomic E-state index is -0.284. The van der Waals surface area contributed by atoms with Gasteiger partial charge in [-0.25, -0.2) is 4.98 Å². The number of anilines is 2. The number of carbonyl (C=O) groups is 1. The zero-order valence-corrected chi connectivity index (χ0v) is 11.5. The number of nitrogens with one attached hydrogen (secondary N) is 1. The Hall–Kier alpha value is -1.59. The molecule has 0 aliphatic carbocycles. The summed E-state index contributed by atoms with van der Waals surface area (Å²) >= 11 is 9.06. The van der Waals surface area contributed by atoms with Gasteiger partial charge in [-0.05, 0) is 36.4 Å². The van der Waals surface area contributed by atoms with Crippen LogP contribution in [0.15, 0.2) is 40.9 Å². The van der Waals surface area contributed by atoms with Crippen LogP contribution in [0.3, 0.4) is 0 Å². The third-order valence-corrected chi connectivity index (χ3v) is 2.90. The first-order valence-electron chi connectivity index (χ1n) is 5.04. The van der Waals surface area contributed by atoms with Gasteiger partial charge in [0, 0.05) is 15.7 Å². The van der Waals surface area contributed by atoms with Crippen molar-refractivity contribution in [1.82, 2.24) is 4.98 Å². The highest BCUT2D eigenvalue weighted by Gasteiger charge is 2.08. The van der Waals surface area contributed by atoms with Crippen LogP contribution in [0.2, 0.25) is 5.15 Å². The Bertz CT molecular complexity index is 566. The van der Waals surface area contributed by atoms with Crippen LogP contribution in [0, 0.1) is 0 Å². The Morgan fingerprint density at radius 1 is 1.28 bits per heavy atom. The molecule has 0 saturated carbocycles. The molecule has 3 N–H and O–H groups in total. The smallest absolute Gasteiger partial charge is 0.255 e. The van der Waals surface area contributed by atoms with Crippen LogP contribution in [0.25, 0.3) is 0 Å². The van der Waals surface area contributed by atoms with E-state index in [-0.39, 0.29) is 16.9 Å². The molecule has 1 heterocycles. The second kappa shape index (κ2) is 5.37. The van der Waals surface area contributed by atoms with E-state index >= 15 is 0 Å². The van der Waals surface area contributed by atoms with E-state index in [0.29, 0.717) is 11.3 Å². The molecule has 6 heteroatoms. The molecule has 18 heavy (non-hydrogen) atoms. The first kappa shape index (κ1) is 12.9. The van der Waals surface area contributed by atoms with E-state index in [0.717, 1.165) is 4.47 Å². The molecule has 0 fully saturated rings. The minimum absolute atomic E-state index is 0.191. The van der Waals surface area contributed by atoms with E-state index in [1.165, 1.54) is 12.1 Å².